The number of nitrogens with zero attached hydrogens (tertiary/aromatic N) is 1. The van der Waals surface area contributed by atoms with Crippen LogP contribution in [0.15, 0.2) is 62.7 Å². The molecule has 0 saturated heterocycles. The van der Waals surface area contributed by atoms with E-state index in [2.05, 4.69) is 4.98 Å². The highest BCUT2D eigenvalue weighted by molar-refractivity contribution is 7.89. The molecule has 10 heteroatoms. The number of aryl methyl sites for hydroxylation is 1. The number of benzene rings is 2. The number of hydrogen-bond acceptors (Lipinski definition) is 6. The van der Waals surface area contributed by atoms with Crippen LogP contribution in [0.3, 0.4) is 0 Å². The molecule has 1 aromatic heterocycles. The van der Waals surface area contributed by atoms with E-state index in [-0.39, 0.29) is 38.3 Å². The molecule has 0 amide bonds. The molecule has 136 valence electrons. The molecule has 0 saturated carbocycles. The van der Waals surface area contributed by atoms with Crippen LogP contribution in [0.1, 0.15) is 5.89 Å². The summed E-state index contributed by atoms with van der Waals surface area (Å²) in [6, 6.07) is 11.9. The second-order valence-corrected chi connectivity index (χ2v) is 8.55. The molecule has 3 aromatic rings. The van der Waals surface area contributed by atoms with E-state index in [0.29, 0.717) is 0 Å². The van der Waals surface area contributed by atoms with Gasteiger partial charge in [-0.25, -0.2) is 32.1 Å². The maximum atomic E-state index is 11.9. The maximum Gasteiger partial charge on any atom is 0.238 e. The normalized spacial score (nSPS) is 12.3. The molecular formula is C16H15N3O5S2. The minimum atomic E-state index is -4.04. The number of sulfonamides is 2. The fourth-order valence-electron chi connectivity index (χ4n) is 2.60. The van der Waals surface area contributed by atoms with Crippen molar-refractivity contribution in [3.63, 3.8) is 0 Å². The Balaban J connectivity index is 2.36. The zero-order valence-corrected chi connectivity index (χ0v) is 15.2. The van der Waals surface area contributed by atoms with Crippen molar-refractivity contribution >= 4 is 20.0 Å². The molecule has 0 aliphatic carbocycles. The van der Waals surface area contributed by atoms with E-state index in [1.807, 2.05) is 0 Å². The Bertz CT molecular complexity index is 1110. The topological polar surface area (TPSA) is 146 Å². The molecule has 0 fully saturated rings. The van der Waals surface area contributed by atoms with Crippen LogP contribution in [0.5, 0.6) is 0 Å². The second kappa shape index (κ2) is 6.32. The third-order valence-electron chi connectivity index (χ3n) is 3.62. The third-order valence-corrected chi connectivity index (χ3v) is 5.56. The van der Waals surface area contributed by atoms with Gasteiger partial charge < -0.3 is 4.42 Å². The molecule has 3 rings (SSSR count). The number of hydrogen-bond donors (Lipinski definition) is 2. The van der Waals surface area contributed by atoms with Crippen molar-refractivity contribution in [2.45, 2.75) is 16.7 Å². The van der Waals surface area contributed by atoms with Crippen molar-refractivity contribution in [2.75, 3.05) is 0 Å². The lowest BCUT2D eigenvalue weighted by atomic mass is 10.1. The number of aromatic nitrogens is 1. The third kappa shape index (κ3) is 3.40. The molecule has 0 spiro atoms. The van der Waals surface area contributed by atoms with Crippen LogP contribution in [0.25, 0.3) is 22.6 Å². The van der Waals surface area contributed by atoms with Gasteiger partial charge in [0.15, 0.2) is 11.7 Å². The smallest absolute Gasteiger partial charge is 0.238 e. The molecular weight excluding hydrogens is 378 g/mol. The van der Waals surface area contributed by atoms with E-state index < -0.39 is 20.0 Å². The predicted molar refractivity (Wildman–Crippen MR) is 94.9 cm³/mol. The van der Waals surface area contributed by atoms with Gasteiger partial charge >= 0.3 is 0 Å². The van der Waals surface area contributed by atoms with Crippen LogP contribution >= 0.6 is 0 Å². The van der Waals surface area contributed by atoms with Crippen LogP contribution in [-0.4, -0.2) is 21.8 Å². The lowest BCUT2D eigenvalue weighted by Crippen LogP contribution is -2.14. The first kappa shape index (κ1) is 18.3. The van der Waals surface area contributed by atoms with Crippen molar-refractivity contribution in [3.8, 4) is 22.6 Å². The van der Waals surface area contributed by atoms with Gasteiger partial charge in [-0.15, -0.1) is 0 Å². The minimum absolute atomic E-state index is 0.0863. The number of nitrogens with two attached hydrogens (primary N) is 2. The lowest BCUT2D eigenvalue weighted by Gasteiger charge is -2.09. The molecule has 0 bridgehead atoms. The summed E-state index contributed by atoms with van der Waals surface area (Å²) in [5.41, 5.74) is 0.532. The monoisotopic (exact) mass is 393 g/mol. The Morgan fingerprint density at radius 1 is 0.808 bits per heavy atom. The largest absolute Gasteiger partial charge is 0.440 e. The fourth-order valence-corrected chi connectivity index (χ4v) is 4.08. The van der Waals surface area contributed by atoms with Gasteiger partial charge in [0.25, 0.3) is 0 Å². The standard InChI is InChI=1S/C16H15N3O5S2/c1-10-19-15(11-6-2-4-8-13(11)25(17,20)21)16(24-10)12-7-3-5-9-14(12)26(18,22)23/h2-9H,1H3,(H2,17,20,21)(H2,18,22,23). The molecule has 0 aliphatic heterocycles. The van der Waals surface area contributed by atoms with Crippen molar-refractivity contribution in [3.05, 3.63) is 54.4 Å². The van der Waals surface area contributed by atoms with E-state index in [1.165, 1.54) is 36.4 Å². The van der Waals surface area contributed by atoms with Gasteiger partial charge in [0.2, 0.25) is 20.0 Å². The van der Waals surface area contributed by atoms with Gasteiger partial charge in [0.1, 0.15) is 5.69 Å². The second-order valence-electron chi connectivity index (χ2n) is 5.49. The quantitative estimate of drug-likeness (QED) is 0.688. The van der Waals surface area contributed by atoms with Crippen LogP contribution in [0.4, 0.5) is 0 Å². The summed E-state index contributed by atoms with van der Waals surface area (Å²) in [7, 11) is -8.08. The van der Waals surface area contributed by atoms with Gasteiger partial charge in [-0.05, 0) is 18.2 Å². The first-order valence-electron chi connectivity index (χ1n) is 7.31. The summed E-state index contributed by atoms with van der Waals surface area (Å²) in [6.07, 6.45) is 0. The fraction of sp³-hybridized carbons (Fsp3) is 0.0625. The molecule has 1 heterocycles. The summed E-state index contributed by atoms with van der Waals surface area (Å²) in [4.78, 5) is 3.92. The molecule has 26 heavy (non-hydrogen) atoms. The average molecular weight is 393 g/mol. The van der Waals surface area contributed by atoms with E-state index in [4.69, 9.17) is 14.7 Å². The van der Waals surface area contributed by atoms with Crippen LogP contribution < -0.4 is 10.3 Å². The number of oxazole rings is 1. The molecule has 0 radical (unpaired) electrons. The van der Waals surface area contributed by atoms with Gasteiger partial charge in [-0.2, -0.15) is 0 Å². The highest BCUT2D eigenvalue weighted by Gasteiger charge is 2.25. The summed E-state index contributed by atoms with van der Waals surface area (Å²) in [5, 5.41) is 10.6. The maximum absolute atomic E-state index is 11.9. The minimum Gasteiger partial charge on any atom is -0.440 e. The summed E-state index contributed by atoms with van der Waals surface area (Å²) in [6.45, 7) is 1.56. The van der Waals surface area contributed by atoms with Crippen molar-refractivity contribution in [1.29, 1.82) is 0 Å². The van der Waals surface area contributed by atoms with Crippen molar-refractivity contribution in [1.82, 2.24) is 4.98 Å². The SMILES string of the molecule is Cc1nc(-c2ccccc2S(N)(=O)=O)c(-c2ccccc2S(N)(=O)=O)o1. The number of primary sulfonamides is 2. The van der Waals surface area contributed by atoms with Crippen molar-refractivity contribution in [2.24, 2.45) is 10.3 Å². The predicted octanol–water partition coefficient (Wildman–Crippen LogP) is 1.61. The van der Waals surface area contributed by atoms with E-state index in [9.17, 15) is 16.8 Å². The Morgan fingerprint density at radius 3 is 1.81 bits per heavy atom. The Morgan fingerprint density at radius 2 is 1.27 bits per heavy atom. The zero-order chi connectivity index (χ0) is 19.1. The van der Waals surface area contributed by atoms with Gasteiger partial charge in [0.05, 0.1) is 9.79 Å². The molecule has 0 unspecified atom stereocenters. The summed E-state index contributed by atoms with van der Waals surface area (Å²) in [5.74, 6) is 0.312. The van der Waals surface area contributed by atoms with Crippen LogP contribution in [0, 0.1) is 6.92 Å². The summed E-state index contributed by atoms with van der Waals surface area (Å²) < 4.78 is 53.2. The first-order chi connectivity index (χ1) is 12.1. The van der Waals surface area contributed by atoms with Gasteiger partial charge in [-0.1, -0.05) is 30.3 Å². The molecule has 2 aromatic carbocycles. The molecule has 4 N–H and O–H groups in total. The van der Waals surface area contributed by atoms with Crippen LogP contribution in [-0.2, 0) is 20.0 Å². The molecule has 8 nitrogen and oxygen atoms in total. The first-order valence-corrected chi connectivity index (χ1v) is 10.4. The van der Waals surface area contributed by atoms with E-state index in [1.54, 1.807) is 19.1 Å². The van der Waals surface area contributed by atoms with Gasteiger partial charge in [0, 0.05) is 18.1 Å². The number of rotatable bonds is 4. The Kier molecular flexibility index (Phi) is 4.44. The zero-order valence-electron chi connectivity index (χ0n) is 13.6. The lowest BCUT2D eigenvalue weighted by molar-refractivity contribution is 0.532. The Hall–Kier alpha value is -2.53. The van der Waals surface area contributed by atoms with E-state index in [0.717, 1.165) is 0 Å². The van der Waals surface area contributed by atoms with Gasteiger partial charge in [-0.3, -0.25) is 0 Å². The Labute approximate surface area is 150 Å². The van der Waals surface area contributed by atoms with Crippen LogP contribution in [0.2, 0.25) is 0 Å². The van der Waals surface area contributed by atoms with Crippen molar-refractivity contribution < 1.29 is 21.3 Å². The molecule has 0 atom stereocenters. The summed E-state index contributed by atoms with van der Waals surface area (Å²) >= 11 is 0. The molecule has 0 aliphatic rings. The average Bonchev–Trinajstić information content (AvgIpc) is 2.95. The highest BCUT2D eigenvalue weighted by Crippen LogP contribution is 2.37. The van der Waals surface area contributed by atoms with E-state index >= 15 is 0 Å². The highest BCUT2D eigenvalue weighted by atomic mass is 32.2.